The van der Waals surface area contributed by atoms with Crippen LogP contribution < -0.4 is 10.6 Å². The van der Waals surface area contributed by atoms with Crippen LogP contribution in [-0.2, 0) is 0 Å². The highest BCUT2D eigenvalue weighted by atomic mass is 16.4. The molecule has 1 aromatic carbocycles. The van der Waals surface area contributed by atoms with Crippen molar-refractivity contribution in [2.45, 2.75) is 19.4 Å². The Morgan fingerprint density at radius 2 is 2.16 bits per heavy atom. The fraction of sp³-hybridized carbons (Fsp3) is 0.500. The maximum atomic E-state index is 10.9. The molecule has 1 saturated heterocycles. The largest absolute Gasteiger partial charge is 0.478 e. The van der Waals surface area contributed by atoms with Crippen molar-refractivity contribution in [2.24, 2.45) is 0 Å². The molecule has 3 N–H and O–H groups in total. The van der Waals surface area contributed by atoms with Crippen molar-refractivity contribution in [3.05, 3.63) is 23.8 Å². The van der Waals surface area contributed by atoms with Crippen molar-refractivity contribution >= 4 is 17.3 Å². The van der Waals surface area contributed by atoms with E-state index in [9.17, 15) is 4.79 Å². The number of rotatable bonds is 2. The zero-order chi connectivity index (χ0) is 14.0. The number of aromatic carboxylic acids is 1. The molecule has 1 atom stereocenters. The monoisotopic (exact) mass is 263 g/mol. The van der Waals surface area contributed by atoms with Gasteiger partial charge in [0.1, 0.15) is 0 Å². The third-order valence-corrected chi connectivity index (χ3v) is 3.63. The summed E-state index contributed by atoms with van der Waals surface area (Å²) in [7, 11) is 2.12. The molecule has 0 bridgehead atoms. The molecule has 0 aliphatic carbocycles. The number of benzene rings is 1. The molecule has 1 aliphatic heterocycles. The van der Waals surface area contributed by atoms with Crippen LogP contribution in [-0.4, -0.2) is 48.7 Å². The number of nitrogen functional groups attached to an aromatic ring is 1. The molecule has 5 heteroatoms. The highest BCUT2D eigenvalue weighted by Crippen LogP contribution is 2.27. The van der Waals surface area contributed by atoms with Crippen LogP contribution in [0.3, 0.4) is 0 Å². The minimum atomic E-state index is -0.943. The number of nitrogens with two attached hydrogens (primary N) is 1. The molecule has 0 amide bonds. The smallest absolute Gasteiger partial charge is 0.335 e. The first-order valence-corrected chi connectivity index (χ1v) is 6.57. The van der Waals surface area contributed by atoms with Crippen LogP contribution in [0, 0.1) is 0 Å². The SMILES string of the molecule is CC1CN(C)CCCN1c1ccc(C(=O)O)cc1N. The van der Waals surface area contributed by atoms with E-state index in [-0.39, 0.29) is 5.56 Å². The number of nitrogens with zero attached hydrogens (tertiary/aromatic N) is 2. The van der Waals surface area contributed by atoms with Gasteiger partial charge in [-0.05, 0) is 45.1 Å². The van der Waals surface area contributed by atoms with E-state index < -0.39 is 5.97 Å². The van der Waals surface area contributed by atoms with Gasteiger partial charge in [-0.15, -0.1) is 0 Å². The summed E-state index contributed by atoms with van der Waals surface area (Å²) in [5.74, 6) is -0.943. The van der Waals surface area contributed by atoms with Crippen LogP contribution in [0.25, 0.3) is 0 Å². The number of anilines is 2. The van der Waals surface area contributed by atoms with Gasteiger partial charge < -0.3 is 20.6 Å². The quantitative estimate of drug-likeness (QED) is 0.791. The van der Waals surface area contributed by atoms with Crippen molar-refractivity contribution in [3.8, 4) is 0 Å². The number of carboxylic acids is 1. The summed E-state index contributed by atoms with van der Waals surface area (Å²) >= 11 is 0. The summed E-state index contributed by atoms with van der Waals surface area (Å²) < 4.78 is 0. The lowest BCUT2D eigenvalue weighted by Crippen LogP contribution is -2.38. The lowest BCUT2D eigenvalue weighted by Gasteiger charge is -2.31. The Morgan fingerprint density at radius 3 is 2.79 bits per heavy atom. The topological polar surface area (TPSA) is 69.8 Å². The zero-order valence-corrected chi connectivity index (χ0v) is 11.5. The van der Waals surface area contributed by atoms with Gasteiger partial charge in [0.15, 0.2) is 0 Å². The first kappa shape index (κ1) is 13.7. The molecule has 19 heavy (non-hydrogen) atoms. The van der Waals surface area contributed by atoms with Crippen molar-refractivity contribution < 1.29 is 9.90 Å². The van der Waals surface area contributed by atoms with Gasteiger partial charge in [-0.1, -0.05) is 0 Å². The summed E-state index contributed by atoms with van der Waals surface area (Å²) in [4.78, 5) is 15.5. The van der Waals surface area contributed by atoms with Gasteiger partial charge in [-0.3, -0.25) is 0 Å². The molecule has 5 nitrogen and oxygen atoms in total. The second-order valence-electron chi connectivity index (χ2n) is 5.24. The van der Waals surface area contributed by atoms with E-state index in [1.807, 2.05) is 6.07 Å². The van der Waals surface area contributed by atoms with Gasteiger partial charge in [-0.2, -0.15) is 0 Å². The number of hydrogen-bond acceptors (Lipinski definition) is 4. The van der Waals surface area contributed by atoms with Gasteiger partial charge in [0.05, 0.1) is 16.9 Å². The average molecular weight is 263 g/mol. The van der Waals surface area contributed by atoms with Gasteiger partial charge in [0.2, 0.25) is 0 Å². The van der Waals surface area contributed by atoms with Crippen molar-refractivity contribution in [3.63, 3.8) is 0 Å². The standard InChI is InChI=1S/C14H21N3O2/c1-10-9-16(2)6-3-7-17(10)13-5-4-11(14(18)19)8-12(13)15/h4-5,8,10H,3,6-7,9,15H2,1-2H3,(H,18,19). The molecule has 0 saturated carbocycles. The number of hydrogen-bond donors (Lipinski definition) is 2. The lowest BCUT2D eigenvalue weighted by molar-refractivity contribution is 0.0697. The maximum Gasteiger partial charge on any atom is 0.335 e. The predicted octanol–water partition coefficient (Wildman–Crippen LogP) is 1.50. The Kier molecular flexibility index (Phi) is 3.95. The van der Waals surface area contributed by atoms with E-state index in [0.717, 1.165) is 31.7 Å². The Morgan fingerprint density at radius 1 is 1.42 bits per heavy atom. The maximum absolute atomic E-state index is 10.9. The van der Waals surface area contributed by atoms with Crippen LogP contribution in [0.5, 0.6) is 0 Å². The normalized spacial score (nSPS) is 21.2. The number of likely N-dealkylation sites (N-methyl/N-ethyl adjacent to an activating group) is 1. The third-order valence-electron chi connectivity index (χ3n) is 3.63. The Balaban J connectivity index is 2.27. The minimum absolute atomic E-state index is 0.237. The van der Waals surface area contributed by atoms with Gasteiger partial charge in [-0.25, -0.2) is 4.79 Å². The van der Waals surface area contributed by atoms with Crippen molar-refractivity contribution in [1.29, 1.82) is 0 Å². The first-order valence-electron chi connectivity index (χ1n) is 6.57. The van der Waals surface area contributed by atoms with Crippen molar-refractivity contribution in [1.82, 2.24) is 4.90 Å². The molecule has 1 fully saturated rings. The van der Waals surface area contributed by atoms with Gasteiger partial charge in [0.25, 0.3) is 0 Å². The summed E-state index contributed by atoms with van der Waals surface area (Å²) in [6.45, 7) is 5.18. The van der Waals surface area contributed by atoms with Gasteiger partial charge >= 0.3 is 5.97 Å². The van der Waals surface area contributed by atoms with Crippen LogP contribution in [0.2, 0.25) is 0 Å². The molecule has 2 rings (SSSR count). The fourth-order valence-corrected chi connectivity index (χ4v) is 2.68. The lowest BCUT2D eigenvalue weighted by atomic mass is 10.1. The molecule has 104 valence electrons. The Labute approximate surface area is 113 Å². The summed E-state index contributed by atoms with van der Waals surface area (Å²) in [5, 5.41) is 8.97. The third kappa shape index (κ3) is 2.98. The van der Waals surface area contributed by atoms with E-state index in [2.05, 4.69) is 23.8 Å². The molecular weight excluding hydrogens is 242 g/mol. The van der Waals surface area contributed by atoms with Gasteiger partial charge in [0, 0.05) is 19.1 Å². The summed E-state index contributed by atoms with van der Waals surface area (Å²) in [5.41, 5.74) is 7.73. The molecule has 1 aromatic rings. The minimum Gasteiger partial charge on any atom is -0.478 e. The van der Waals surface area contributed by atoms with Crippen LogP contribution in [0.15, 0.2) is 18.2 Å². The Hall–Kier alpha value is -1.75. The fourth-order valence-electron chi connectivity index (χ4n) is 2.68. The summed E-state index contributed by atoms with van der Waals surface area (Å²) in [6, 6.07) is 5.35. The van der Waals surface area contributed by atoms with Crippen LogP contribution in [0.1, 0.15) is 23.7 Å². The molecule has 0 aromatic heterocycles. The summed E-state index contributed by atoms with van der Waals surface area (Å²) in [6.07, 6.45) is 1.08. The average Bonchev–Trinajstić information content (AvgIpc) is 2.50. The number of carboxylic acid groups (broad SMARTS) is 1. The second-order valence-corrected chi connectivity index (χ2v) is 5.24. The Bertz CT molecular complexity index is 476. The van der Waals surface area contributed by atoms with Crippen LogP contribution in [0.4, 0.5) is 11.4 Å². The van der Waals surface area contributed by atoms with E-state index in [1.54, 1.807) is 12.1 Å². The molecule has 1 heterocycles. The molecule has 1 aliphatic rings. The predicted molar refractivity (Wildman–Crippen MR) is 76.7 cm³/mol. The molecular formula is C14H21N3O2. The molecule has 0 radical (unpaired) electrons. The first-order chi connectivity index (χ1) is 8.99. The highest BCUT2D eigenvalue weighted by Gasteiger charge is 2.21. The van der Waals surface area contributed by atoms with Crippen LogP contribution >= 0.6 is 0 Å². The van der Waals surface area contributed by atoms with E-state index in [0.29, 0.717) is 11.7 Å². The number of carbonyl (C=O) groups is 1. The molecule has 1 unspecified atom stereocenters. The van der Waals surface area contributed by atoms with E-state index >= 15 is 0 Å². The molecule has 0 spiro atoms. The zero-order valence-electron chi connectivity index (χ0n) is 11.5. The van der Waals surface area contributed by atoms with Crippen molar-refractivity contribution in [2.75, 3.05) is 37.3 Å². The van der Waals surface area contributed by atoms with E-state index in [4.69, 9.17) is 10.8 Å². The second kappa shape index (κ2) is 5.48. The highest BCUT2D eigenvalue weighted by molar-refractivity contribution is 5.90. The van der Waals surface area contributed by atoms with E-state index in [1.165, 1.54) is 0 Å².